The predicted octanol–water partition coefficient (Wildman–Crippen LogP) is 3.56. The number of hydrogen-bond acceptors (Lipinski definition) is 6. The van der Waals surface area contributed by atoms with Gasteiger partial charge in [0, 0.05) is 15.7 Å². The highest BCUT2D eigenvalue weighted by atomic mass is 79.9. The largest absolute Gasteiger partial charge is 0.452 e. The van der Waals surface area contributed by atoms with Crippen molar-refractivity contribution in [1.29, 1.82) is 0 Å². The van der Waals surface area contributed by atoms with E-state index in [1.165, 1.54) is 0 Å². The number of fused-ring (bicyclic) bond motifs is 3. The van der Waals surface area contributed by atoms with Gasteiger partial charge in [0.05, 0.1) is 0 Å². The molecule has 1 N–H and O–H groups in total. The molecule has 0 saturated heterocycles. The van der Waals surface area contributed by atoms with Gasteiger partial charge in [0.2, 0.25) is 11.0 Å². The molecular formula is C13H13BrN4OS. The standard InChI is InChI=1S/C13H13BrN4OS/c1-3-20-13-16-12-11(17-18-13)9-6-8(14)4-5-10(9)15-7(2)19-12/h4-7,15H,3H2,1-2H3/t7-/m1/s1. The van der Waals surface area contributed by atoms with E-state index >= 15 is 0 Å². The lowest BCUT2D eigenvalue weighted by Crippen LogP contribution is -2.21. The highest BCUT2D eigenvalue weighted by Gasteiger charge is 2.22. The molecule has 0 radical (unpaired) electrons. The van der Waals surface area contributed by atoms with Gasteiger partial charge in [0.1, 0.15) is 0 Å². The van der Waals surface area contributed by atoms with Crippen LogP contribution in [0.4, 0.5) is 5.69 Å². The first-order valence-corrected chi connectivity index (χ1v) is 8.06. The van der Waals surface area contributed by atoms with Gasteiger partial charge in [-0.25, -0.2) is 0 Å². The Morgan fingerprint density at radius 1 is 1.40 bits per heavy atom. The van der Waals surface area contributed by atoms with Crippen molar-refractivity contribution < 1.29 is 4.74 Å². The van der Waals surface area contributed by atoms with Gasteiger partial charge in [0.15, 0.2) is 11.9 Å². The molecule has 2 heterocycles. The SMILES string of the molecule is CCSc1nnc2c(n1)O[C@H](C)Nc1ccc(Br)cc1-2. The molecule has 2 aromatic rings. The lowest BCUT2D eigenvalue weighted by Gasteiger charge is -2.13. The number of aromatic nitrogens is 3. The summed E-state index contributed by atoms with van der Waals surface area (Å²) in [7, 11) is 0. The Hall–Kier alpha value is -1.34. The molecule has 1 aliphatic heterocycles. The number of nitrogens with zero attached hydrogens (tertiary/aromatic N) is 3. The Balaban J connectivity index is 2.15. The van der Waals surface area contributed by atoms with Gasteiger partial charge >= 0.3 is 0 Å². The van der Waals surface area contributed by atoms with Crippen LogP contribution in [0.2, 0.25) is 0 Å². The summed E-state index contributed by atoms with van der Waals surface area (Å²) >= 11 is 5.03. The molecule has 0 aliphatic carbocycles. The van der Waals surface area contributed by atoms with Crippen LogP contribution in [0.15, 0.2) is 27.8 Å². The number of anilines is 1. The number of benzene rings is 1. The van der Waals surface area contributed by atoms with Crippen molar-refractivity contribution in [2.24, 2.45) is 0 Å². The van der Waals surface area contributed by atoms with E-state index in [4.69, 9.17) is 4.74 Å². The fourth-order valence-electron chi connectivity index (χ4n) is 1.99. The van der Waals surface area contributed by atoms with Crippen molar-refractivity contribution >= 4 is 33.4 Å². The van der Waals surface area contributed by atoms with E-state index in [9.17, 15) is 0 Å². The van der Waals surface area contributed by atoms with Crippen LogP contribution in [0.3, 0.4) is 0 Å². The molecule has 0 bridgehead atoms. The van der Waals surface area contributed by atoms with Crippen molar-refractivity contribution in [3.05, 3.63) is 22.7 Å². The molecule has 0 amide bonds. The fourth-order valence-corrected chi connectivity index (χ4v) is 2.86. The fraction of sp³-hybridized carbons (Fsp3) is 0.308. The second-order valence-corrected chi connectivity index (χ2v) is 6.42. The van der Waals surface area contributed by atoms with Crippen LogP contribution in [0.1, 0.15) is 13.8 Å². The van der Waals surface area contributed by atoms with Gasteiger partial charge in [-0.05, 0) is 30.9 Å². The summed E-state index contributed by atoms with van der Waals surface area (Å²) < 4.78 is 6.79. The minimum Gasteiger partial charge on any atom is -0.452 e. The highest BCUT2D eigenvalue weighted by Crippen LogP contribution is 2.37. The van der Waals surface area contributed by atoms with Crippen molar-refractivity contribution in [2.45, 2.75) is 25.2 Å². The van der Waals surface area contributed by atoms with E-state index in [2.05, 4.69) is 43.4 Å². The summed E-state index contributed by atoms with van der Waals surface area (Å²) in [4.78, 5) is 4.45. The van der Waals surface area contributed by atoms with Gasteiger partial charge in [-0.2, -0.15) is 4.98 Å². The van der Waals surface area contributed by atoms with E-state index in [0.717, 1.165) is 21.5 Å². The number of thioether (sulfide) groups is 1. The lowest BCUT2D eigenvalue weighted by molar-refractivity contribution is 0.240. The number of ether oxygens (including phenoxy) is 1. The smallest absolute Gasteiger partial charge is 0.247 e. The Kier molecular flexibility index (Phi) is 3.80. The highest BCUT2D eigenvalue weighted by molar-refractivity contribution is 9.10. The summed E-state index contributed by atoms with van der Waals surface area (Å²) in [5, 5.41) is 12.4. The second-order valence-electron chi connectivity index (χ2n) is 4.28. The van der Waals surface area contributed by atoms with Crippen LogP contribution >= 0.6 is 27.7 Å². The van der Waals surface area contributed by atoms with E-state index in [-0.39, 0.29) is 6.23 Å². The third-order valence-electron chi connectivity index (χ3n) is 2.79. The topological polar surface area (TPSA) is 59.9 Å². The Morgan fingerprint density at radius 3 is 3.05 bits per heavy atom. The second kappa shape index (κ2) is 5.57. The number of nitrogens with one attached hydrogen (secondary N) is 1. The quantitative estimate of drug-likeness (QED) is 0.833. The Morgan fingerprint density at radius 2 is 2.25 bits per heavy atom. The van der Waals surface area contributed by atoms with Gasteiger partial charge < -0.3 is 10.1 Å². The van der Waals surface area contributed by atoms with Crippen molar-refractivity contribution in [3.63, 3.8) is 0 Å². The van der Waals surface area contributed by atoms with Crippen LogP contribution in [0, 0.1) is 0 Å². The molecule has 0 fully saturated rings. The van der Waals surface area contributed by atoms with Gasteiger partial charge in [-0.15, -0.1) is 10.2 Å². The monoisotopic (exact) mass is 352 g/mol. The van der Waals surface area contributed by atoms with Gasteiger partial charge in [-0.3, -0.25) is 0 Å². The molecule has 0 saturated carbocycles. The zero-order valence-electron chi connectivity index (χ0n) is 11.1. The molecule has 5 nitrogen and oxygen atoms in total. The first-order chi connectivity index (χ1) is 9.67. The van der Waals surface area contributed by atoms with Crippen LogP contribution in [0.25, 0.3) is 11.3 Å². The van der Waals surface area contributed by atoms with Crippen LogP contribution in [-0.2, 0) is 0 Å². The number of halogens is 1. The average Bonchev–Trinajstić information content (AvgIpc) is 2.54. The third-order valence-corrected chi connectivity index (χ3v) is 4.01. The maximum absolute atomic E-state index is 5.81. The summed E-state index contributed by atoms with van der Waals surface area (Å²) in [5.74, 6) is 1.42. The zero-order valence-corrected chi connectivity index (χ0v) is 13.5. The summed E-state index contributed by atoms with van der Waals surface area (Å²) in [6.45, 7) is 3.99. The zero-order chi connectivity index (χ0) is 14.1. The van der Waals surface area contributed by atoms with E-state index in [1.807, 2.05) is 25.1 Å². The molecular weight excluding hydrogens is 340 g/mol. The third kappa shape index (κ3) is 2.60. The molecule has 7 heteroatoms. The first-order valence-electron chi connectivity index (χ1n) is 6.28. The molecule has 1 aromatic heterocycles. The van der Waals surface area contributed by atoms with Crippen LogP contribution in [0.5, 0.6) is 5.88 Å². The maximum Gasteiger partial charge on any atom is 0.247 e. The Bertz CT molecular complexity index is 652. The van der Waals surface area contributed by atoms with Crippen LogP contribution < -0.4 is 10.1 Å². The summed E-state index contributed by atoms with van der Waals surface area (Å²) in [6.07, 6.45) is -0.174. The first kappa shape index (κ1) is 13.6. The minimum absolute atomic E-state index is 0.174. The van der Waals surface area contributed by atoms with E-state index in [1.54, 1.807) is 11.8 Å². The number of hydrogen-bond donors (Lipinski definition) is 1. The minimum atomic E-state index is -0.174. The normalized spacial score (nSPS) is 16.4. The van der Waals surface area contributed by atoms with Crippen molar-refractivity contribution in [2.75, 3.05) is 11.1 Å². The average molecular weight is 353 g/mol. The predicted molar refractivity (Wildman–Crippen MR) is 83.1 cm³/mol. The van der Waals surface area contributed by atoms with Crippen molar-refractivity contribution in [1.82, 2.24) is 15.2 Å². The molecule has 20 heavy (non-hydrogen) atoms. The van der Waals surface area contributed by atoms with E-state index < -0.39 is 0 Å². The molecule has 3 rings (SSSR count). The molecule has 0 unspecified atom stereocenters. The van der Waals surface area contributed by atoms with E-state index in [0.29, 0.717) is 16.7 Å². The molecule has 1 atom stereocenters. The lowest BCUT2D eigenvalue weighted by atomic mass is 10.1. The Labute approximate surface area is 129 Å². The summed E-state index contributed by atoms with van der Waals surface area (Å²) in [5.41, 5.74) is 2.57. The maximum atomic E-state index is 5.81. The van der Waals surface area contributed by atoms with Gasteiger partial charge in [0.25, 0.3) is 0 Å². The molecule has 0 spiro atoms. The van der Waals surface area contributed by atoms with Crippen LogP contribution in [-0.4, -0.2) is 27.2 Å². The number of rotatable bonds is 2. The van der Waals surface area contributed by atoms with Crippen molar-refractivity contribution in [3.8, 4) is 17.1 Å². The van der Waals surface area contributed by atoms with Gasteiger partial charge in [-0.1, -0.05) is 34.6 Å². The summed E-state index contributed by atoms with van der Waals surface area (Å²) in [6, 6.07) is 5.96. The molecule has 104 valence electrons. The molecule has 1 aliphatic rings. The molecule has 1 aromatic carbocycles.